The summed E-state index contributed by atoms with van der Waals surface area (Å²) in [7, 11) is 6.79. The molecule has 10 heteroatoms. The molecule has 1 aromatic rings. The normalized spacial score (nSPS) is 20.4. The van der Waals surface area contributed by atoms with Crippen LogP contribution in [0.25, 0.3) is 0 Å². The van der Waals surface area contributed by atoms with Crippen LogP contribution in [0.4, 0.5) is 0 Å². The van der Waals surface area contributed by atoms with Crippen molar-refractivity contribution in [3.05, 3.63) is 35.4 Å². The van der Waals surface area contributed by atoms with Crippen LogP contribution in [0, 0.1) is 17.8 Å². The Labute approximate surface area is 303 Å². The molecule has 0 radical (unpaired) electrons. The fourth-order valence-corrected chi connectivity index (χ4v) is 7.69. The number of aliphatic hydroxyl groups excluding tert-OH is 1. The van der Waals surface area contributed by atoms with Crippen molar-refractivity contribution in [3.8, 4) is 0 Å². The molecule has 1 saturated heterocycles. The number of likely N-dealkylation sites (N-methyl/N-ethyl adjacent to an activating group) is 2. The van der Waals surface area contributed by atoms with E-state index in [1.807, 2.05) is 44.9 Å². The van der Waals surface area contributed by atoms with Gasteiger partial charge in [-0.3, -0.25) is 14.4 Å². The van der Waals surface area contributed by atoms with Gasteiger partial charge in [-0.25, -0.2) is 0 Å². The van der Waals surface area contributed by atoms with E-state index in [0.717, 1.165) is 24.8 Å². The minimum Gasteiger partial charge on any atom is -0.386 e. The maximum Gasteiger partial charge on any atom is 0.240 e. The highest BCUT2D eigenvalue weighted by atomic mass is 16.5. The molecule has 0 aromatic heterocycles. The van der Waals surface area contributed by atoms with Crippen LogP contribution >= 0.6 is 0 Å². The summed E-state index contributed by atoms with van der Waals surface area (Å²) in [5, 5.41) is 17.3. The number of hydrogen-bond donors (Lipinski definition) is 3. The van der Waals surface area contributed by atoms with Gasteiger partial charge in [0.1, 0.15) is 0 Å². The second-order valence-electron chi connectivity index (χ2n) is 15.1. The molecule has 1 aliphatic heterocycles. The average Bonchev–Trinajstić information content (AvgIpc) is 3.59. The van der Waals surface area contributed by atoms with Crippen LogP contribution in [-0.4, -0.2) is 104 Å². The lowest BCUT2D eigenvalue weighted by atomic mass is 9.89. The van der Waals surface area contributed by atoms with Crippen molar-refractivity contribution in [2.75, 3.05) is 34.9 Å². The molecule has 10 nitrogen and oxygen atoms in total. The fourth-order valence-electron chi connectivity index (χ4n) is 7.69. The highest BCUT2D eigenvalue weighted by Crippen LogP contribution is 2.30. The Hall–Kier alpha value is -2.53. The number of carbonyl (C=O) groups excluding carboxylic acids is 3. The van der Waals surface area contributed by atoms with Gasteiger partial charge in [0.25, 0.3) is 0 Å². The summed E-state index contributed by atoms with van der Waals surface area (Å²) < 4.78 is 11.9. The lowest BCUT2D eigenvalue weighted by Gasteiger charge is -2.40. The van der Waals surface area contributed by atoms with Gasteiger partial charge in [0, 0.05) is 27.8 Å². The van der Waals surface area contributed by atoms with Crippen molar-refractivity contribution in [1.29, 1.82) is 0 Å². The maximum absolute atomic E-state index is 14.0. The van der Waals surface area contributed by atoms with Crippen LogP contribution in [0.3, 0.4) is 0 Å². The summed E-state index contributed by atoms with van der Waals surface area (Å²) >= 11 is 0. The number of aliphatic hydroxyl groups is 1. The molecule has 0 saturated carbocycles. The van der Waals surface area contributed by atoms with Crippen LogP contribution in [0.1, 0.15) is 123 Å². The summed E-state index contributed by atoms with van der Waals surface area (Å²) in [5.41, 5.74) is 2.01. The van der Waals surface area contributed by atoms with E-state index in [4.69, 9.17) is 9.47 Å². The summed E-state index contributed by atoms with van der Waals surface area (Å²) in [6.45, 7) is 16.8. The lowest BCUT2D eigenvalue weighted by Crippen LogP contribution is -2.56. The van der Waals surface area contributed by atoms with Crippen LogP contribution in [0.2, 0.25) is 0 Å². The van der Waals surface area contributed by atoms with Crippen LogP contribution in [0.15, 0.2) is 24.3 Å². The first-order valence-electron chi connectivity index (χ1n) is 19.1. The van der Waals surface area contributed by atoms with Gasteiger partial charge in [-0.2, -0.15) is 0 Å². The number of carbonyl (C=O) groups is 3. The average molecular weight is 703 g/mol. The van der Waals surface area contributed by atoms with Gasteiger partial charge in [-0.05, 0) is 62.1 Å². The molecule has 1 aliphatic rings. The van der Waals surface area contributed by atoms with Crippen molar-refractivity contribution < 1.29 is 29.0 Å². The SMILES string of the molecule is CCCCC(C)c1ccc([C@H](O)[C@@H](C)NC(=O)[C@H](C)[C@@H](OC)[C@@H]2CCCN2C(=O)C[C@@H](OC)[C@H]([C@@H](C)CC)N(C)C(=O)[C@@H](NC)C(C)C)cc1. The Balaban J connectivity index is 2.15. The lowest BCUT2D eigenvalue weighted by molar-refractivity contribution is -0.147. The third-order valence-electron chi connectivity index (χ3n) is 11.2. The smallest absolute Gasteiger partial charge is 0.240 e. The predicted molar refractivity (Wildman–Crippen MR) is 201 cm³/mol. The number of likely N-dealkylation sites (tertiary alicyclic amines) is 1. The molecular formula is C40H70N4O6. The Bertz CT molecular complexity index is 1180. The molecule has 50 heavy (non-hydrogen) atoms. The Morgan fingerprint density at radius 1 is 1.00 bits per heavy atom. The van der Waals surface area contributed by atoms with Gasteiger partial charge in [0.15, 0.2) is 0 Å². The number of unbranched alkanes of at least 4 members (excludes halogenated alkanes) is 1. The molecule has 1 fully saturated rings. The van der Waals surface area contributed by atoms with Crippen molar-refractivity contribution in [3.63, 3.8) is 0 Å². The van der Waals surface area contributed by atoms with Crippen molar-refractivity contribution in [2.24, 2.45) is 17.8 Å². The quantitative estimate of drug-likeness (QED) is 0.151. The predicted octanol–water partition coefficient (Wildman–Crippen LogP) is 5.68. The number of amides is 3. The van der Waals surface area contributed by atoms with E-state index >= 15 is 0 Å². The van der Waals surface area contributed by atoms with E-state index in [0.29, 0.717) is 18.9 Å². The maximum atomic E-state index is 14.0. The molecule has 3 amide bonds. The minimum atomic E-state index is -0.866. The van der Waals surface area contributed by atoms with E-state index in [-0.39, 0.29) is 54.1 Å². The third-order valence-corrected chi connectivity index (χ3v) is 11.2. The molecule has 1 heterocycles. The fraction of sp³-hybridized carbons (Fsp3) is 0.775. The van der Waals surface area contributed by atoms with Gasteiger partial charge in [-0.1, -0.05) is 92.0 Å². The molecular weight excluding hydrogens is 632 g/mol. The number of rotatable bonds is 21. The zero-order valence-electron chi connectivity index (χ0n) is 33.2. The van der Waals surface area contributed by atoms with E-state index in [2.05, 4.69) is 50.5 Å². The number of nitrogens with one attached hydrogen (secondary N) is 2. The standard InChI is InChI=1S/C40H70N4O6/c1-13-15-17-27(6)30-19-21-31(22-20-30)37(46)29(8)42-39(47)28(7)38(50-12)32-18-16-23-44(32)34(45)24-33(49-11)36(26(5)14-2)43(10)40(48)35(41-9)25(3)4/h19-22,25-29,32-33,35-38,41,46H,13-18,23-24H2,1-12H3,(H,42,47)/t26-,27?,28+,29+,32-,33+,35-,36-,37+,38+/m0/s1. The molecule has 3 N–H and O–H groups in total. The van der Waals surface area contributed by atoms with Crippen molar-refractivity contribution in [1.82, 2.24) is 20.4 Å². The number of ether oxygens (including phenoxy) is 2. The molecule has 0 bridgehead atoms. The molecule has 2 rings (SSSR count). The first kappa shape index (κ1) is 43.6. The number of benzene rings is 1. The molecule has 1 unspecified atom stereocenters. The van der Waals surface area contributed by atoms with E-state index in [1.165, 1.54) is 18.4 Å². The molecule has 1 aromatic carbocycles. The largest absolute Gasteiger partial charge is 0.386 e. The van der Waals surface area contributed by atoms with Crippen LogP contribution in [0.5, 0.6) is 0 Å². The topological polar surface area (TPSA) is 120 Å². The molecule has 10 atom stereocenters. The van der Waals surface area contributed by atoms with Crippen LogP contribution in [-0.2, 0) is 23.9 Å². The van der Waals surface area contributed by atoms with Crippen molar-refractivity contribution >= 4 is 17.7 Å². The van der Waals surface area contributed by atoms with Gasteiger partial charge < -0.3 is 35.0 Å². The summed E-state index contributed by atoms with van der Waals surface area (Å²) in [4.78, 5) is 44.8. The van der Waals surface area contributed by atoms with E-state index in [1.54, 1.807) is 33.1 Å². The first-order chi connectivity index (χ1) is 23.7. The highest BCUT2D eigenvalue weighted by molar-refractivity contribution is 5.83. The Morgan fingerprint density at radius 3 is 2.14 bits per heavy atom. The summed E-state index contributed by atoms with van der Waals surface area (Å²) in [5.74, 6) is -0.237. The summed E-state index contributed by atoms with van der Waals surface area (Å²) in [6, 6.07) is 6.59. The minimum absolute atomic E-state index is 0.0194. The first-order valence-corrected chi connectivity index (χ1v) is 19.1. The number of hydrogen-bond acceptors (Lipinski definition) is 7. The Kier molecular flexibility index (Phi) is 18.4. The monoisotopic (exact) mass is 703 g/mol. The second-order valence-corrected chi connectivity index (χ2v) is 15.1. The van der Waals surface area contributed by atoms with Gasteiger partial charge in [-0.15, -0.1) is 0 Å². The van der Waals surface area contributed by atoms with E-state index in [9.17, 15) is 19.5 Å². The van der Waals surface area contributed by atoms with Gasteiger partial charge in [0.2, 0.25) is 17.7 Å². The Morgan fingerprint density at radius 2 is 1.62 bits per heavy atom. The van der Waals surface area contributed by atoms with Gasteiger partial charge >= 0.3 is 0 Å². The molecule has 286 valence electrons. The number of methoxy groups -OCH3 is 2. The third kappa shape index (κ3) is 11.2. The van der Waals surface area contributed by atoms with Crippen molar-refractivity contribution in [2.45, 2.75) is 149 Å². The zero-order chi connectivity index (χ0) is 37.7. The molecule has 0 aliphatic carbocycles. The van der Waals surface area contributed by atoms with Crippen LogP contribution < -0.4 is 10.6 Å². The molecule has 0 spiro atoms. The zero-order valence-corrected chi connectivity index (χ0v) is 33.2. The van der Waals surface area contributed by atoms with E-state index < -0.39 is 30.3 Å². The number of nitrogens with zero attached hydrogens (tertiary/aromatic N) is 2. The second kappa shape index (κ2) is 21.1. The summed E-state index contributed by atoms with van der Waals surface area (Å²) in [6.07, 6.45) is 4.03. The van der Waals surface area contributed by atoms with Gasteiger partial charge in [0.05, 0.1) is 54.8 Å². The highest BCUT2D eigenvalue weighted by Gasteiger charge is 2.42.